The number of H-pyrrole nitrogens is 1. The molecule has 3 rings (SSSR count). The molecule has 6 N–H and O–H groups in total. The van der Waals surface area contributed by atoms with Crippen LogP contribution < -0.4 is 16.2 Å². The molecule has 0 spiro atoms. The maximum absolute atomic E-state index is 11.4. The molecule has 0 aliphatic rings. The monoisotopic (exact) mass is 552 g/mol. The summed E-state index contributed by atoms with van der Waals surface area (Å²) in [4.78, 5) is 14.0. The number of benzene rings is 1. The molecule has 0 saturated carbocycles. The smallest absolute Gasteiger partial charge is 0.248 e. The lowest BCUT2D eigenvalue weighted by Gasteiger charge is -2.26. The molecule has 1 aromatic carbocycles. The van der Waals surface area contributed by atoms with Crippen molar-refractivity contribution in [2.75, 3.05) is 6.54 Å². The molecule has 0 aliphatic carbocycles. The van der Waals surface area contributed by atoms with Gasteiger partial charge in [-0.1, -0.05) is 32.0 Å². The zero-order valence-corrected chi connectivity index (χ0v) is 22.7. The van der Waals surface area contributed by atoms with Crippen LogP contribution in [-0.2, 0) is 0 Å². The Hall–Kier alpha value is -2.24. The van der Waals surface area contributed by atoms with Crippen molar-refractivity contribution < 1.29 is 19.8 Å². The minimum absolute atomic E-state index is 0.00326. The third kappa shape index (κ3) is 8.73. The topological polar surface area (TPSA) is 144 Å². The van der Waals surface area contributed by atoms with Crippen molar-refractivity contribution in [2.24, 2.45) is 0 Å². The first-order valence-corrected chi connectivity index (χ1v) is 12.5. The highest BCUT2D eigenvalue weighted by molar-refractivity contribution is 9.10. The van der Waals surface area contributed by atoms with Gasteiger partial charge in [0.05, 0.1) is 11.6 Å². The van der Waals surface area contributed by atoms with Crippen LogP contribution in [0.3, 0.4) is 0 Å². The highest BCUT2D eigenvalue weighted by Crippen LogP contribution is 2.31. The minimum atomic E-state index is -0.716. The molecule has 2 aromatic heterocycles. The summed E-state index contributed by atoms with van der Waals surface area (Å²) in [6, 6.07) is 8.06. The number of nitrogens with one attached hydrogen (secondary N) is 3. The summed E-state index contributed by atoms with van der Waals surface area (Å²) in [5, 5.41) is 41.0. The summed E-state index contributed by atoms with van der Waals surface area (Å²) in [7, 11) is 0. The van der Waals surface area contributed by atoms with Crippen molar-refractivity contribution >= 4 is 26.8 Å². The van der Waals surface area contributed by atoms with Gasteiger partial charge in [-0.2, -0.15) is 0 Å². The number of aliphatic hydroxyl groups is 2. The zero-order chi connectivity index (χ0) is 26.3. The first-order chi connectivity index (χ1) is 16.3. The average Bonchev–Trinajstić information content (AvgIpc) is 3.22. The molecule has 3 atom stereocenters. The standard InChI is InChI=1S/C16H22N2O3.C9H15BrN2O2/c1-4-12(17-9(2)3)16(21)11-5-7-13(19)15-10(11)6-8-14(20)18-15;1-9(2,3)11-5-6(13)7-4-8(10)12-14-7/h5-9,12,16-17,19,21H,4H2,1-3H3,(H,18,20);4,6,11,13H,5H2,1-3H3. The average molecular weight is 553 g/mol. The van der Waals surface area contributed by atoms with Gasteiger partial charge in [0.15, 0.2) is 5.76 Å². The normalized spacial score (nSPS) is 14.5. The summed E-state index contributed by atoms with van der Waals surface area (Å²) in [6.45, 7) is 12.6. The van der Waals surface area contributed by atoms with Gasteiger partial charge in [-0.15, -0.1) is 0 Å². The van der Waals surface area contributed by atoms with E-state index in [4.69, 9.17) is 4.52 Å². The van der Waals surface area contributed by atoms with E-state index in [0.29, 0.717) is 33.4 Å². The van der Waals surface area contributed by atoms with E-state index in [9.17, 15) is 20.1 Å². The Bertz CT molecular complexity index is 1140. The third-order valence-electron chi connectivity index (χ3n) is 5.25. The van der Waals surface area contributed by atoms with Crippen molar-refractivity contribution in [3.63, 3.8) is 0 Å². The largest absolute Gasteiger partial charge is 0.506 e. The number of aromatic amines is 1. The zero-order valence-electron chi connectivity index (χ0n) is 21.1. The van der Waals surface area contributed by atoms with Crippen LogP contribution in [-0.4, -0.2) is 49.6 Å². The Morgan fingerprint density at radius 1 is 1.17 bits per heavy atom. The van der Waals surface area contributed by atoms with Crippen molar-refractivity contribution in [2.45, 2.75) is 77.8 Å². The number of phenols is 1. The molecule has 35 heavy (non-hydrogen) atoms. The fourth-order valence-electron chi connectivity index (χ4n) is 3.52. The number of phenolic OH excluding ortho intramolecular Hbond substituents is 1. The van der Waals surface area contributed by atoms with Gasteiger partial charge in [-0.3, -0.25) is 4.79 Å². The predicted molar refractivity (Wildman–Crippen MR) is 140 cm³/mol. The van der Waals surface area contributed by atoms with Gasteiger partial charge >= 0.3 is 0 Å². The molecule has 194 valence electrons. The molecule has 3 unspecified atom stereocenters. The summed E-state index contributed by atoms with van der Waals surface area (Å²) in [5.74, 6) is 0.470. The molecule has 0 bridgehead atoms. The molecule has 9 nitrogen and oxygen atoms in total. The van der Waals surface area contributed by atoms with Gasteiger partial charge < -0.3 is 35.5 Å². The molecule has 10 heteroatoms. The fourth-order valence-corrected chi connectivity index (χ4v) is 3.82. The highest BCUT2D eigenvalue weighted by atomic mass is 79.9. The SMILES string of the molecule is CC(C)(C)NCC(O)c1cc(Br)no1.CCC(NC(C)C)C(O)c1ccc(O)c2[nH]c(=O)ccc12. The Morgan fingerprint density at radius 2 is 1.86 bits per heavy atom. The van der Waals surface area contributed by atoms with Gasteiger partial charge in [-0.25, -0.2) is 0 Å². The quantitative estimate of drug-likeness (QED) is 0.247. The van der Waals surface area contributed by atoms with Crippen LogP contribution in [0.4, 0.5) is 0 Å². The lowest BCUT2D eigenvalue weighted by molar-refractivity contribution is 0.123. The van der Waals surface area contributed by atoms with Crippen LogP contribution >= 0.6 is 15.9 Å². The van der Waals surface area contributed by atoms with Crippen LogP contribution in [0, 0.1) is 0 Å². The summed E-state index contributed by atoms with van der Waals surface area (Å²) in [6.07, 6.45) is -0.607. The molecule has 0 fully saturated rings. The molecule has 3 aromatic rings. The number of rotatable bonds is 8. The van der Waals surface area contributed by atoms with E-state index in [1.165, 1.54) is 12.1 Å². The second-order valence-corrected chi connectivity index (χ2v) is 10.6. The Kier molecular flexibility index (Phi) is 10.5. The van der Waals surface area contributed by atoms with E-state index in [1.54, 1.807) is 18.2 Å². The number of β-amino-alcohol motifs (C(OH)–C–C–N with tert-alkyl or cyclic N) is 1. The number of aromatic hydroxyl groups is 1. The maximum atomic E-state index is 11.4. The molecule has 0 aliphatic heterocycles. The van der Waals surface area contributed by atoms with Gasteiger partial charge in [0.25, 0.3) is 0 Å². The summed E-state index contributed by atoms with van der Waals surface area (Å²) < 4.78 is 5.50. The van der Waals surface area contributed by atoms with Crippen LogP contribution in [0.25, 0.3) is 10.9 Å². The van der Waals surface area contributed by atoms with Crippen LogP contribution in [0.5, 0.6) is 5.75 Å². The number of hydrogen-bond acceptors (Lipinski definition) is 8. The van der Waals surface area contributed by atoms with Crippen molar-refractivity contribution in [3.8, 4) is 5.75 Å². The summed E-state index contributed by atoms with van der Waals surface area (Å²) >= 11 is 3.15. The summed E-state index contributed by atoms with van der Waals surface area (Å²) in [5.41, 5.74) is 0.757. The number of fused-ring (bicyclic) bond motifs is 1. The van der Waals surface area contributed by atoms with E-state index >= 15 is 0 Å². The molecule has 2 heterocycles. The molecule has 0 radical (unpaired) electrons. The first kappa shape index (κ1) is 29.0. The predicted octanol–water partition coefficient (Wildman–Crippen LogP) is 3.90. The Balaban J connectivity index is 0.000000269. The van der Waals surface area contributed by atoms with Crippen molar-refractivity contribution in [1.82, 2.24) is 20.8 Å². The second-order valence-electron chi connectivity index (χ2n) is 9.76. The van der Waals surface area contributed by atoms with Gasteiger partial charge in [-0.05, 0) is 60.8 Å². The lowest BCUT2D eigenvalue weighted by atomic mass is 9.95. The molecule has 0 amide bonds. The number of hydrogen-bond donors (Lipinski definition) is 6. The van der Waals surface area contributed by atoms with Crippen LogP contribution in [0.15, 0.2) is 44.3 Å². The number of halogens is 1. The second kappa shape index (κ2) is 12.6. The van der Waals surface area contributed by atoms with Crippen LogP contribution in [0.1, 0.15) is 71.5 Å². The number of pyridine rings is 1. The van der Waals surface area contributed by atoms with E-state index in [-0.39, 0.29) is 28.9 Å². The van der Waals surface area contributed by atoms with E-state index in [1.807, 2.05) is 41.5 Å². The Morgan fingerprint density at radius 3 is 2.40 bits per heavy atom. The minimum Gasteiger partial charge on any atom is -0.506 e. The van der Waals surface area contributed by atoms with E-state index in [0.717, 1.165) is 6.42 Å². The highest BCUT2D eigenvalue weighted by Gasteiger charge is 2.22. The molecular formula is C25H37BrN4O5. The number of aliphatic hydroxyl groups excluding tert-OH is 2. The first-order valence-electron chi connectivity index (χ1n) is 11.7. The fraction of sp³-hybridized carbons (Fsp3) is 0.520. The van der Waals surface area contributed by atoms with E-state index < -0.39 is 12.2 Å². The van der Waals surface area contributed by atoms with Gasteiger partial charge in [0.1, 0.15) is 16.5 Å². The third-order valence-corrected chi connectivity index (χ3v) is 5.62. The molecule has 0 saturated heterocycles. The lowest BCUT2D eigenvalue weighted by Crippen LogP contribution is -2.39. The number of nitrogens with zero attached hydrogens (tertiary/aromatic N) is 1. The number of aromatic nitrogens is 2. The van der Waals surface area contributed by atoms with Crippen molar-refractivity contribution in [3.05, 3.63) is 56.6 Å². The van der Waals surface area contributed by atoms with E-state index in [2.05, 4.69) is 36.7 Å². The van der Waals surface area contributed by atoms with Crippen LogP contribution in [0.2, 0.25) is 0 Å². The molecular weight excluding hydrogens is 516 g/mol. The van der Waals surface area contributed by atoms with Gasteiger partial charge in [0.2, 0.25) is 5.56 Å². The van der Waals surface area contributed by atoms with Gasteiger partial charge in [0, 0.05) is 41.7 Å². The van der Waals surface area contributed by atoms with Crippen molar-refractivity contribution in [1.29, 1.82) is 0 Å². The maximum Gasteiger partial charge on any atom is 0.248 e. The Labute approximate surface area is 214 Å².